The monoisotopic (exact) mass is 396 g/mol. The number of nitrogens with one attached hydrogen (secondary N) is 3. The van der Waals surface area contributed by atoms with Crippen LogP contribution in [-0.4, -0.2) is 27.2 Å². The molecule has 30 heavy (non-hydrogen) atoms. The van der Waals surface area contributed by atoms with Gasteiger partial charge in [0.1, 0.15) is 5.65 Å². The molecule has 148 valence electrons. The predicted octanol–water partition coefficient (Wildman–Crippen LogP) is 3.78. The molecule has 2 aromatic carbocycles. The number of amides is 1. The van der Waals surface area contributed by atoms with Crippen LogP contribution in [0.5, 0.6) is 0 Å². The molecular formula is C24H20N4O2. The van der Waals surface area contributed by atoms with Gasteiger partial charge in [-0.1, -0.05) is 30.3 Å². The second-order valence-corrected chi connectivity index (χ2v) is 7.22. The summed E-state index contributed by atoms with van der Waals surface area (Å²) in [5, 5.41) is 17.5. The molecule has 6 nitrogen and oxygen atoms in total. The molecule has 0 fully saturated rings. The molecule has 0 bridgehead atoms. The molecule has 0 aliphatic carbocycles. The Hall–Kier alpha value is -3.90. The van der Waals surface area contributed by atoms with Crippen molar-refractivity contribution in [3.63, 3.8) is 0 Å². The largest absolute Gasteiger partial charge is 0.369 e. The molecule has 0 spiro atoms. The van der Waals surface area contributed by atoms with Crippen molar-refractivity contribution in [3.05, 3.63) is 95.3 Å². The van der Waals surface area contributed by atoms with Crippen LogP contribution in [-0.2, 0) is 6.54 Å². The highest BCUT2D eigenvalue weighted by Gasteiger charge is 2.25. The molecular weight excluding hydrogens is 376 g/mol. The van der Waals surface area contributed by atoms with Crippen molar-refractivity contribution in [2.24, 2.45) is 0 Å². The number of nitrogens with zero attached hydrogens (tertiary/aromatic N) is 1. The van der Waals surface area contributed by atoms with Gasteiger partial charge in [0, 0.05) is 52.3 Å². The summed E-state index contributed by atoms with van der Waals surface area (Å²) in [5.41, 5.74) is 5.64. The highest BCUT2D eigenvalue weighted by molar-refractivity contribution is 6.02. The maximum absolute atomic E-state index is 12.7. The van der Waals surface area contributed by atoms with Crippen molar-refractivity contribution < 1.29 is 9.90 Å². The van der Waals surface area contributed by atoms with Crippen molar-refractivity contribution in [3.8, 4) is 0 Å². The number of H-pyrrole nitrogens is 1. The van der Waals surface area contributed by atoms with Crippen LogP contribution in [0.1, 0.15) is 27.0 Å². The summed E-state index contributed by atoms with van der Waals surface area (Å²) < 4.78 is 0. The molecule has 0 saturated carbocycles. The van der Waals surface area contributed by atoms with Gasteiger partial charge in [0.2, 0.25) is 0 Å². The van der Waals surface area contributed by atoms with E-state index in [2.05, 4.69) is 20.6 Å². The summed E-state index contributed by atoms with van der Waals surface area (Å²) in [6.07, 6.45) is 4.68. The minimum Gasteiger partial charge on any atom is -0.369 e. The molecule has 1 aliphatic heterocycles. The average molecular weight is 396 g/mol. The van der Waals surface area contributed by atoms with Gasteiger partial charge in [0.15, 0.2) is 6.23 Å². The number of aliphatic hydroxyl groups is 1. The van der Waals surface area contributed by atoms with Gasteiger partial charge >= 0.3 is 0 Å². The Balaban J connectivity index is 1.44. The third-order valence-electron chi connectivity index (χ3n) is 5.27. The second-order valence-electron chi connectivity index (χ2n) is 7.22. The van der Waals surface area contributed by atoms with Gasteiger partial charge in [0.25, 0.3) is 5.91 Å². The molecule has 1 unspecified atom stereocenters. The van der Waals surface area contributed by atoms with E-state index in [4.69, 9.17) is 0 Å². The SMILES string of the molecule is O=C(NCc1ccccc1)c1ccc2c(c1)C(=Cc1c[nH]c3ncccc13)C(O)N2. The Morgan fingerprint density at radius 1 is 1.13 bits per heavy atom. The number of rotatable bonds is 4. The summed E-state index contributed by atoms with van der Waals surface area (Å²) in [6.45, 7) is 0.461. The maximum Gasteiger partial charge on any atom is 0.251 e. The lowest BCUT2D eigenvalue weighted by Crippen LogP contribution is -2.22. The molecule has 4 N–H and O–H groups in total. The summed E-state index contributed by atoms with van der Waals surface area (Å²) >= 11 is 0. The fourth-order valence-electron chi connectivity index (χ4n) is 3.72. The van der Waals surface area contributed by atoms with Crippen molar-refractivity contribution in [2.75, 3.05) is 5.32 Å². The number of aromatic nitrogens is 2. The third kappa shape index (κ3) is 3.33. The van der Waals surface area contributed by atoms with Crippen molar-refractivity contribution >= 4 is 34.3 Å². The molecule has 1 amide bonds. The van der Waals surface area contributed by atoms with Gasteiger partial charge in [-0.15, -0.1) is 0 Å². The number of fused-ring (bicyclic) bond motifs is 2. The first-order valence-electron chi connectivity index (χ1n) is 9.74. The molecule has 6 heteroatoms. The number of aliphatic hydroxyl groups excluding tert-OH is 1. The molecule has 4 aromatic rings. The molecule has 2 aromatic heterocycles. The number of benzene rings is 2. The van der Waals surface area contributed by atoms with Gasteiger partial charge < -0.3 is 20.7 Å². The maximum atomic E-state index is 12.7. The van der Waals surface area contributed by atoms with Gasteiger partial charge in [-0.3, -0.25) is 4.79 Å². The van der Waals surface area contributed by atoms with Crippen molar-refractivity contribution in [1.82, 2.24) is 15.3 Å². The smallest absolute Gasteiger partial charge is 0.251 e. The first-order chi connectivity index (χ1) is 14.7. The van der Waals surface area contributed by atoms with E-state index in [1.165, 1.54) is 0 Å². The van der Waals surface area contributed by atoms with Crippen molar-refractivity contribution in [2.45, 2.75) is 12.8 Å². The van der Waals surface area contributed by atoms with E-state index in [1.54, 1.807) is 12.3 Å². The van der Waals surface area contributed by atoms with Crippen LogP contribution in [0.3, 0.4) is 0 Å². The summed E-state index contributed by atoms with van der Waals surface area (Å²) in [5.74, 6) is -0.154. The molecule has 3 heterocycles. The van der Waals surface area contributed by atoms with Gasteiger partial charge in [0.05, 0.1) is 0 Å². The summed E-state index contributed by atoms with van der Waals surface area (Å²) in [4.78, 5) is 20.1. The van der Waals surface area contributed by atoms with Crippen LogP contribution >= 0.6 is 0 Å². The minimum absolute atomic E-state index is 0.154. The second kappa shape index (κ2) is 7.50. The first-order valence-corrected chi connectivity index (χ1v) is 9.74. The molecule has 0 radical (unpaired) electrons. The van der Waals surface area contributed by atoms with E-state index in [-0.39, 0.29) is 5.91 Å². The zero-order valence-corrected chi connectivity index (χ0v) is 16.1. The fourth-order valence-corrected chi connectivity index (χ4v) is 3.72. The normalized spacial score (nSPS) is 16.4. The number of carbonyl (C=O) groups excluding carboxylic acids is 1. The Kier molecular flexibility index (Phi) is 4.53. The zero-order valence-electron chi connectivity index (χ0n) is 16.1. The molecule has 5 rings (SSSR count). The topological polar surface area (TPSA) is 90.0 Å². The lowest BCUT2D eigenvalue weighted by atomic mass is 10.0. The minimum atomic E-state index is -0.843. The fraction of sp³-hybridized carbons (Fsp3) is 0.0833. The Morgan fingerprint density at radius 3 is 2.87 bits per heavy atom. The Labute approximate surface area is 173 Å². The summed E-state index contributed by atoms with van der Waals surface area (Å²) in [6, 6.07) is 19.0. The van der Waals surface area contributed by atoms with E-state index in [1.807, 2.05) is 66.9 Å². The number of carbonyl (C=O) groups is 1. The summed E-state index contributed by atoms with van der Waals surface area (Å²) in [7, 11) is 0. The van der Waals surface area contributed by atoms with Crippen LogP contribution in [0.2, 0.25) is 0 Å². The zero-order chi connectivity index (χ0) is 20.5. The van der Waals surface area contributed by atoms with E-state index in [0.29, 0.717) is 17.7 Å². The van der Waals surface area contributed by atoms with Gasteiger partial charge in [-0.05, 0) is 42.0 Å². The predicted molar refractivity (Wildman–Crippen MR) is 118 cm³/mol. The van der Waals surface area contributed by atoms with E-state index in [0.717, 1.165) is 33.4 Å². The number of hydrogen-bond donors (Lipinski definition) is 4. The third-order valence-corrected chi connectivity index (χ3v) is 5.27. The van der Waals surface area contributed by atoms with Crippen molar-refractivity contribution in [1.29, 1.82) is 0 Å². The number of pyridine rings is 1. The van der Waals surface area contributed by atoms with Crippen LogP contribution < -0.4 is 10.6 Å². The Morgan fingerprint density at radius 2 is 2.00 bits per heavy atom. The lowest BCUT2D eigenvalue weighted by molar-refractivity contribution is 0.0951. The van der Waals surface area contributed by atoms with Crippen LogP contribution in [0.15, 0.2) is 73.1 Å². The van der Waals surface area contributed by atoms with E-state index < -0.39 is 6.23 Å². The number of aromatic amines is 1. The standard InChI is InChI=1S/C24H20N4O2/c29-23(27-13-15-5-2-1-3-6-15)16-8-9-21-19(11-16)20(24(30)28-21)12-17-14-26-22-18(17)7-4-10-25-22/h1-12,14,24,28,30H,13H2,(H,25,26)(H,27,29). The number of hydrogen-bond acceptors (Lipinski definition) is 4. The van der Waals surface area contributed by atoms with Gasteiger partial charge in [-0.2, -0.15) is 0 Å². The van der Waals surface area contributed by atoms with Crippen LogP contribution in [0.4, 0.5) is 5.69 Å². The van der Waals surface area contributed by atoms with E-state index >= 15 is 0 Å². The Bertz CT molecular complexity index is 1260. The van der Waals surface area contributed by atoms with E-state index in [9.17, 15) is 9.90 Å². The quantitative estimate of drug-likeness (QED) is 0.423. The highest BCUT2D eigenvalue weighted by Crippen LogP contribution is 2.37. The van der Waals surface area contributed by atoms with Crippen LogP contribution in [0, 0.1) is 0 Å². The lowest BCUT2D eigenvalue weighted by Gasteiger charge is -2.08. The highest BCUT2D eigenvalue weighted by atomic mass is 16.3. The average Bonchev–Trinajstić information content (AvgIpc) is 3.33. The van der Waals surface area contributed by atoms with Gasteiger partial charge in [-0.25, -0.2) is 4.98 Å². The molecule has 1 atom stereocenters. The number of anilines is 1. The first kappa shape index (κ1) is 18.1. The van der Waals surface area contributed by atoms with Crippen LogP contribution in [0.25, 0.3) is 22.7 Å². The molecule has 0 saturated heterocycles. The molecule has 1 aliphatic rings.